The quantitative estimate of drug-likeness (QED) is 0.684. The monoisotopic (exact) mass is 473 g/mol. The van der Waals surface area contributed by atoms with Crippen LogP contribution in [0.2, 0.25) is 0 Å². The fourth-order valence-corrected chi connectivity index (χ4v) is 4.07. The predicted octanol–water partition coefficient (Wildman–Crippen LogP) is 4.91. The van der Waals surface area contributed by atoms with Gasteiger partial charge in [-0.1, -0.05) is 28.1 Å². The third-order valence-electron chi connectivity index (χ3n) is 2.54. The molecule has 2 rings (SSSR count). The van der Waals surface area contributed by atoms with Crippen LogP contribution in [0.1, 0.15) is 0 Å². The molecule has 0 aliphatic heterocycles. The first kappa shape index (κ1) is 18.1. The molecule has 0 radical (unpaired) electrons. The van der Waals surface area contributed by atoms with Crippen molar-refractivity contribution in [3.8, 4) is 5.75 Å². The lowest BCUT2D eigenvalue weighted by Gasteiger charge is -2.15. The number of hydrogen-bond donors (Lipinski definition) is 1. The average molecular weight is 475 g/mol. The molecule has 0 fully saturated rings. The van der Waals surface area contributed by atoms with Gasteiger partial charge in [0.2, 0.25) is 0 Å². The summed E-state index contributed by atoms with van der Waals surface area (Å²) in [7, 11) is -4.09. The van der Waals surface area contributed by atoms with Crippen molar-refractivity contribution >= 4 is 47.6 Å². The largest absolute Gasteiger partial charge is 0.573 e. The molecule has 0 aliphatic rings. The Hall–Kier alpha value is -1.26. The number of anilines is 1. The summed E-state index contributed by atoms with van der Waals surface area (Å²) in [6.45, 7) is 0. The average Bonchev–Trinajstić information content (AvgIpc) is 2.40. The molecule has 0 aliphatic carbocycles. The molecule has 0 amide bonds. The Bertz CT molecular complexity index is 825. The number of alkyl halides is 3. The van der Waals surface area contributed by atoms with Crippen LogP contribution in [0.5, 0.6) is 5.75 Å². The van der Waals surface area contributed by atoms with E-state index in [-0.39, 0.29) is 15.1 Å². The Morgan fingerprint density at radius 1 is 1.04 bits per heavy atom. The lowest BCUT2D eigenvalue weighted by atomic mass is 10.3. The smallest absolute Gasteiger partial charge is 0.403 e. The first-order chi connectivity index (χ1) is 10.6. The van der Waals surface area contributed by atoms with Gasteiger partial charge >= 0.3 is 6.36 Å². The SMILES string of the molecule is O=S(=O)(Nc1ccc(Br)cc1OC(F)(F)F)c1ccccc1Br. The van der Waals surface area contributed by atoms with E-state index in [1.54, 1.807) is 6.07 Å². The van der Waals surface area contributed by atoms with Crippen LogP contribution in [-0.2, 0) is 10.0 Å². The molecule has 124 valence electrons. The number of sulfonamides is 1. The molecular weight excluding hydrogens is 467 g/mol. The number of rotatable bonds is 4. The van der Waals surface area contributed by atoms with Crippen molar-refractivity contribution in [3.63, 3.8) is 0 Å². The zero-order valence-electron chi connectivity index (χ0n) is 11.1. The summed E-state index contributed by atoms with van der Waals surface area (Å²) in [6, 6.07) is 9.50. The van der Waals surface area contributed by atoms with Gasteiger partial charge < -0.3 is 4.74 Å². The van der Waals surface area contributed by atoms with Gasteiger partial charge in [-0.15, -0.1) is 13.2 Å². The van der Waals surface area contributed by atoms with Crippen molar-refractivity contribution in [2.45, 2.75) is 11.3 Å². The third kappa shape index (κ3) is 4.85. The maximum Gasteiger partial charge on any atom is 0.573 e. The zero-order chi connectivity index (χ0) is 17.3. The molecular formula is C13H8Br2F3NO3S. The Balaban J connectivity index is 2.42. The van der Waals surface area contributed by atoms with Crippen LogP contribution in [0.3, 0.4) is 0 Å². The number of benzene rings is 2. The van der Waals surface area contributed by atoms with Crippen LogP contribution in [0, 0.1) is 0 Å². The van der Waals surface area contributed by atoms with Crippen molar-refractivity contribution in [3.05, 3.63) is 51.4 Å². The van der Waals surface area contributed by atoms with E-state index < -0.39 is 22.1 Å². The molecule has 0 unspecified atom stereocenters. The Morgan fingerprint density at radius 2 is 1.70 bits per heavy atom. The fraction of sp³-hybridized carbons (Fsp3) is 0.0769. The van der Waals surface area contributed by atoms with Gasteiger partial charge in [0.1, 0.15) is 4.90 Å². The lowest BCUT2D eigenvalue weighted by molar-refractivity contribution is -0.274. The van der Waals surface area contributed by atoms with E-state index in [4.69, 9.17) is 0 Å². The molecule has 10 heteroatoms. The maximum atomic E-state index is 12.5. The van der Waals surface area contributed by atoms with Crippen molar-refractivity contribution in [2.24, 2.45) is 0 Å². The second-order valence-corrected chi connectivity index (χ2v) is 7.65. The summed E-state index contributed by atoms with van der Waals surface area (Å²) in [5.41, 5.74) is -0.332. The molecule has 1 N–H and O–H groups in total. The van der Waals surface area contributed by atoms with E-state index in [9.17, 15) is 21.6 Å². The van der Waals surface area contributed by atoms with Gasteiger partial charge in [0.15, 0.2) is 5.75 Å². The summed E-state index contributed by atoms with van der Waals surface area (Å²) in [6.07, 6.45) is -4.95. The number of ether oxygens (including phenoxy) is 1. The highest BCUT2D eigenvalue weighted by atomic mass is 79.9. The van der Waals surface area contributed by atoms with Crippen LogP contribution < -0.4 is 9.46 Å². The fourth-order valence-electron chi connectivity index (χ4n) is 1.65. The molecule has 0 heterocycles. The normalized spacial score (nSPS) is 12.0. The van der Waals surface area contributed by atoms with Gasteiger partial charge in [-0.05, 0) is 46.3 Å². The van der Waals surface area contributed by atoms with E-state index in [0.717, 1.165) is 6.07 Å². The highest BCUT2D eigenvalue weighted by Crippen LogP contribution is 2.35. The lowest BCUT2D eigenvalue weighted by Crippen LogP contribution is -2.20. The molecule has 0 saturated carbocycles. The topological polar surface area (TPSA) is 55.4 Å². The van der Waals surface area contributed by atoms with E-state index in [1.807, 2.05) is 0 Å². The number of hydrogen-bond acceptors (Lipinski definition) is 3. The Labute approximate surface area is 147 Å². The maximum absolute atomic E-state index is 12.5. The van der Waals surface area contributed by atoms with Gasteiger partial charge in [-0.2, -0.15) is 0 Å². The van der Waals surface area contributed by atoms with Crippen molar-refractivity contribution in [1.29, 1.82) is 0 Å². The van der Waals surface area contributed by atoms with Crippen molar-refractivity contribution in [1.82, 2.24) is 0 Å². The van der Waals surface area contributed by atoms with Crippen LogP contribution in [-0.4, -0.2) is 14.8 Å². The molecule has 23 heavy (non-hydrogen) atoms. The van der Waals surface area contributed by atoms with Gasteiger partial charge in [-0.3, -0.25) is 4.72 Å². The molecule has 2 aromatic carbocycles. The van der Waals surface area contributed by atoms with E-state index >= 15 is 0 Å². The van der Waals surface area contributed by atoms with Crippen molar-refractivity contribution in [2.75, 3.05) is 4.72 Å². The van der Waals surface area contributed by atoms with Crippen LogP contribution in [0.25, 0.3) is 0 Å². The minimum absolute atomic E-state index is 0.110. The first-order valence-corrected chi connectivity index (χ1v) is 8.98. The Kier molecular flexibility index (Phi) is 5.27. The molecule has 0 atom stereocenters. The zero-order valence-corrected chi connectivity index (χ0v) is 15.1. The van der Waals surface area contributed by atoms with Gasteiger partial charge in [0.25, 0.3) is 10.0 Å². The number of nitrogens with one attached hydrogen (secondary N) is 1. The number of halogens is 5. The third-order valence-corrected chi connectivity index (χ3v) is 5.41. The van der Waals surface area contributed by atoms with Gasteiger partial charge in [0.05, 0.1) is 5.69 Å². The molecule has 0 spiro atoms. The summed E-state index contributed by atoms with van der Waals surface area (Å²) in [5.74, 6) is -0.664. The first-order valence-electron chi connectivity index (χ1n) is 5.91. The van der Waals surface area contributed by atoms with E-state index in [1.165, 1.54) is 30.3 Å². The highest BCUT2D eigenvalue weighted by Gasteiger charge is 2.33. The Morgan fingerprint density at radius 3 is 2.30 bits per heavy atom. The summed E-state index contributed by atoms with van der Waals surface area (Å²) in [5, 5.41) is 0. The van der Waals surface area contributed by atoms with Gasteiger partial charge in [-0.25, -0.2) is 8.42 Å². The molecule has 0 aromatic heterocycles. The standard InChI is InChI=1S/C13H8Br2F3NO3S/c14-8-5-6-10(11(7-8)22-13(16,17)18)19-23(20,21)12-4-2-1-3-9(12)15/h1-7,19H. The molecule has 4 nitrogen and oxygen atoms in total. The highest BCUT2D eigenvalue weighted by molar-refractivity contribution is 9.10. The second kappa shape index (κ2) is 6.70. The summed E-state index contributed by atoms with van der Waals surface area (Å²) in [4.78, 5) is -0.110. The van der Waals surface area contributed by atoms with Crippen LogP contribution in [0.4, 0.5) is 18.9 Å². The van der Waals surface area contributed by atoms with Crippen LogP contribution >= 0.6 is 31.9 Å². The predicted molar refractivity (Wildman–Crippen MR) is 85.8 cm³/mol. The summed E-state index contributed by atoms with van der Waals surface area (Å²) >= 11 is 6.09. The second-order valence-electron chi connectivity index (χ2n) is 4.22. The van der Waals surface area contributed by atoms with E-state index in [0.29, 0.717) is 4.47 Å². The molecule has 2 aromatic rings. The van der Waals surface area contributed by atoms with Crippen molar-refractivity contribution < 1.29 is 26.3 Å². The minimum Gasteiger partial charge on any atom is -0.403 e. The van der Waals surface area contributed by atoms with Crippen LogP contribution in [0.15, 0.2) is 56.3 Å². The summed E-state index contributed by atoms with van der Waals surface area (Å²) < 4.78 is 68.6. The minimum atomic E-state index is -4.95. The van der Waals surface area contributed by atoms with Gasteiger partial charge in [0, 0.05) is 8.95 Å². The van der Waals surface area contributed by atoms with E-state index in [2.05, 4.69) is 41.3 Å². The molecule has 0 saturated heterocycles. The molecule has 0 bridgehead atoms.